The molecule has 4 rings (SSSR count). The molecular formula is C24H24N4O4S2. The predicted octanol–water partition coefficient (Wildman–Crippen LogP) is 4.03. The number of thiazole rings is 1. The van der Waals surface area contributed by atoms with Crippen LogP contribution in [0.15, 0.2) is 58.0 Å². The fourth-order valence-electron chi connectivity index (χ4n) is 3.35. The minimum absolute atomic E-state index is 0.270. The van der Waals surface area contributed by atoms with Crippen molar-refractivity contribution < 1.29 is 14.3 Å². The van der Waals surface area contributed by atoms with E-state index in [2.05, 4.69) is 15.4 Å². The molecule has 3 heterocycles. The molecule has 0 aliphatic heterocycles. The highest BCUT2D eigenvalue weighted by atomic mass is 32.1. The van der Waals surface area contributed by atoms with Crippen LogP contribution in [0.2, 0.25) is 0 Å². The van der Waals surface area contributed by atoms with Gasteiger partial charge in [-0.1, -0.05) is 6.07 Å². The first-order valence-corrected chi connectivity index (χ1v) is 12.3. The van der Waals surface area contributed by atoms with Crippen molar-refractivity contribution in [3.8, 4) is 32.6 Å². The maximum atomic E-state index is 12.7. The second-order valence-corrected chi connectivity index (χ2v) is 9.22. The Morgan fingerprint density at radius 1 is 1.12 bits per heavy atom. The van der Waals surface area contributed by atoms with Gasteiger partial charge in [0, 0.05) is 30.0 Å². The lowest BCUT2D eigenvalue weighted by Gasteiger charge is -2.14. The highest BCUT2D eigenvalue weighted by molar-refractivity contribution is 7.13. The van der Waals surface area contributed by atoms with E-state index in [1.165, 1.54) is 33.4 Å². The number of hydrogen-bond donors (Lipinski definition) is 1. The monoisotopic (exact) mass is 496 g/mol. The zero-order valence-electron chi connectivity index (χ0n) is 19.0. The summed E-state index contributed by atoms with van der Waals surface area (Å²) in [6, 6.07) is 11.9. The number of aromatic nitrogens is 3. The van der Waals surface area contributed by atoms with Gasteiger partial charge >= 0.3 is 0 Å². The third kappa shape index (κ3) is 5.18. The van der Waals surface area contributed by atoms with Crippen molar-refractivity contribution in [2.75, 3.05) is 20.8 Å². The summed E-state index contributed by atoms with van der Waals surface area (Å²) in [4.78, 5) is 30.6. The molecule has 1 atom stereocenters. The minimum atomic E-state index is -0.731. The smallest absolute Gasteiger partial charge is 0.267 e. The summed E-state index contributed by atoms with van der Waals surface area (Å²) >= 11 is 3.05. The fourth-order valence-corrected chi connectivity index (χ4v) is 4.90. The highest BCUT2D eigenvalue weighted by Crippen LogP contribution is 2.33. The molecule has 3 aromatic heterocycles. The van der Waals surface area contributed by atoms with Gasteiger partial charge in [-0.3, -0.25) is 9.59 Å². The summed E-state index contributed by atoms with van der Waals surface area (Å²) < 4.78 is 11.9. The van der Waals surface area contributed by atoms with Gasteiger partial charge in [0.25, 0.3) is 5.56 Å². The van der Waals surface area contributed by atoms with Crippen LogP contribution in [0.1, 0.15) is 18.7 Å². The lowest BCUT2D eigenvalue weighted by atomic mass is 10.2. The summed E-state index contributed by atoms with van der Waals surface area (Å²) in [7, 11) is 3.20. The van der Waals surface area contributed by atoms with Crippen LogP contribution in [0.4, 0.5) is 0 Å². The topological polar surface area (TPSA) is 95.3 Å². The van der Waals surface area contributed by atoms with Gasteiger partial charge in [0.05, 0.1) is 24.8 Å². The van der Waals surface area contributed by atoms with E-state index >= 15 is 0 Å². The second kappa shape index (κ2) is 10.6. The molecule has 176 valence electrons. The van der Waals surface area contributed by atoms with E-state index in [-0.39, 0.29) is 11.5 Å². The summed E-state index contributed by atoms with van der Waals surface area (Å²) in [5.41, 5.74) is 2.15. The van der Waals surface area contributed by atoms with Crippen molar-refractivity contribution in [1.29, 1.82) is 0 Å². The molecule has 1 aromatic carbocycles. The number of benzene rings is 1. The Morgan fingerprint density at radius 2 is 1.94 bits per heavy atom. The van der Waals surface area contributed by atoms with Gasteiger partial charge in [0.15, 0.2) is 11.5 Å². The Morgan fingerprint density at radius 3 is 2.68 bits per heavy atom. The van der Waals surface area contributed by atoms with Gasteiger partial charge in [-0.05, 0) is 42.6 Å². The van der Waals surface area contributed by atoms with E-state index in [0.717, 1.165) is 21.1 Å². The number of nitrogens with one attached hydrogen (secondary N) is 1. The van der Waals surface area contributed by atoms with Gasteiger partial charge in [0.1, 0.15) is 16.7 Å². The summed E-state index contributed by atoms with van der Waals surface area (Å²) in [6.45, 7) is 2.07. The third-order valence-corrected chi connectivity index (χ3v) is 7.04. The molecule has 0 saturated carbocycles. The standard InChI is InChI=1S/C24H24N4O4S2/c1-15(28-22(29)9-7-18(27-28)21-5-4-12-33-21)23(30)25-11-10-17-14-34-24(26-17)16-6-8-19(31-2)20(13-16)32-3/h4-9,12-15H,10-11H2,1-3H3,(H,25,30). The first-order valence-electron chi connectivity index (χ1n) is 10.6. The Kier molecular flexibility index (Phi) is 7.39. The first-order chi connectivity index (χ1) is 16.5. The molecule has 0 fully saturated rings. The lowest BCUT2D eigenvalue weighted by molar-refractivity contribution is -0.124. The molecular weight excluding hydrogens is 472 g/mol. The van der Waals surface area contributed by atoms with E-state index in [9.17, 15) is 9.59 Å². The molecule has 4 aromatic rings. The number of amides is 1. The minimum Gasteiger partial charge on any atom is -0.493 e. The van der Waals surface area contributed by atoms with Gasteiger partial charge in [0.2, 0.25) is 5.91 Å². The number of nitrogens with zero attached hydrogens (tertiary/aromatic N) is 3. The lowest BCUT2D eigenvalue weighted by Crippen LogP contribution is -2.37. The van der Waals surface area contributed by atoms with Crippen LogP contribution >= 0.6 is 22.7 Å². The second-order valence-electron chi connectivity index (χ2n) is 7.41. The van der Waals surface area contributed by atoms with Crippen molar-refractivity contribution in [3.63, 3.8) is 0 Å². The Balaban J connectivity index is 1.37. The van der Waals surface area contributed by atoms with Crippen molar-refractivity contribution in [2.24, 2.45) is 0 Å². The third-order valence-electron chi connectivity index (χ3n) is 5.21. The molecule has 10 heteroatoms. The summed E-state index contributed by atoms with van der Waals surface area (Å²) in [5, 5.41) is 12.0. The van der Waals surface area contributed by atoms with Crippen LogP contribution < -0.4 is 20.3 Å². The number of thiophene rings is 1. The first kappa shape index (κ1) is 23.7. The predicted molar refractivity (Wildman–Crippen MR) is 134 cm³/mol. The number of hydrogen-bond acceptors (Lipinski definition) is 8. The average molecular weight is 497 g/mol. The van der Waals surface area contributed by atoms with Crippen LogP contribution in [0, 0.1) is 0 Å². The zero-order valence-corrected chi connectivity index (χ0v) is 20.6. The molecule has 0 aliphatic carbocycles. The fraction of sp³-hybridized carbons (Fsp3) is 0.250. The number of rotatable bonds is 9. The number of carbonyl (C=O) groups excluding carboxylic acids is 1. The highest BCUT2D eigenvalue weighted by Gasteiger charge is 2.18. The van der Waals surface area contributed by atoms with Crippen molar-refractivity contribution in [1.82, 2.24) is 20.1 Å². The van der Waals surface area contributed by atoms with E-state index in [4.69, 9.17) is 9.47 Å². The van der Waals surface area contributed by atoms with Gasteiger partial charge in [-0.25, -0.2) is 9.67 Å². The molecule has 0 saturated heterocycles. The van der Waals surface area contributed by atoms with Crippen LogP contribution in [0.25, 0.3) is 21.1 Å². The van der Waals surface area contributed by atoms with Crippen LogP contribution in [0.3, 0.4) is 0 Å². The Hall–Kier alpha value is -3.50. The quantitative estimate of drug-likeness (QED) is 0.376. The van der Waals surface area contributed by atoms with E-state index in [0.29, 0.717) is 30.2 Å². The van der Waals surface area contributed by atoms with Crippen molar-refractivity contribution in [3.05, 3.63) is 69.3 Å². The van der Waals surface area contributed by atoms with Gasteiger partial charge in [-0.15, -0.1) is 22.7 Å². The van der Waals surface area contributed by atoms with Crippen LogP contribution in [-0.4, -0.2) is 41.4 Å². The molecule has 0 spiro atoms. The molecule has 8 nitrogen and oxygen atoms in total. The number of carbonyl (C=O) groups is 1. The van der Waals surface area contributed by atoms with Crippen LogP contribution in [0.5, 0.6) is 11.5 Å². The number of ether oxygens (including phenoxy) is 2. The SMILES string of the molecule is COc1ccc(-c2nc(CCNC(=O)C(C)n3nc(-c4cccs4)ccc3=O)cs2)cc1OC. The van der Waals surface area contributed by atoms with E-state index in [1.54, 1.807) is 27.2 Å². The van der Waals surface area contributed by atoms with Crippen LogP contribution in [-0.2, 0) is 11.2 Å². The molecule has 34 heavy (non-hydrogen) atoms. The van der Waals surface area contributed by atoms with Crippen molar-refractivity contribution >= 4 is 28.6 Å². The molecule has 1 amide bonds. The molecule has 0 radical (unpaired) electrons. The summed E-state index contributed by atoms with van der Waals surface area (Å²) in [5.74, 6) is 1.03. The Labute approximate surface area is 204 Å². The average Bonchev–Trinajstić information content (AvgIpc) is 3.56. The summed E-state index contributed by atoms with van der Waals surface area (Å²) in [6.07, 6.45) is 0.569. The maximum Gasteiger partial charge on any atom is 0.267 e. The Bertz CT molecular complexity index is 1330. The van der Waals surface area contributed by atoms with Crippen molar-refractivity contribution in [2.45, 2.75) is 19.4 Å². The zero-order chi connectivity index (χ0) is 24.1. The largest absolute Gasteiger partial charge is 0.493 e. The van der Waals surface area contributed by atoms with Gasteiger partial charge in [-0.2, -0.15) is 5.10 Å². The number of methoxy groups -OCH3 is 2. The molecule has 0 bridgehead atoms. The normalized spacial score (nSPS) is 11.7. The van der Waals surface area contributed by atoms with E-state index < -0.39 is 6.04 Å². The van der Waals surface area contributed by atoms with Gasteiger partial charge < -0.3 is 14.8 Å². The van der Waals surface area contributed by atoms with E-state index in [1.807, 2.05) is 41.1 Å². The molecule has 1 N–H and O–H groups in total. The molecule has 0 aliphatic rings. The molecule has 1 unspecified atom stereocenters. The maximum absolute atomic E-state index is 12.7.